The lowest BCUT2D eigenvalue weighted by atomic mass is 9.99. The number of carbonyl (C=O) groups excluding carboxylic acids is 1. The SMILES string of the molecule is Cc1ccc2c(C)nc(NC3NC(=O)CC(C(C)C)N3)nc2c1. The summed E-state index contributed by atoms with van der Waals surface area (Å²) in [4.78, 5) is 20.9. The fraction of sp³-hybridized carbons (Fsp3) is 0.471. The molecule has 1 saturated heterocycles. The predicted molar refractivity (Wildman–Crippen MR) is 90.9 cm³/mol. The van der Waals surface area contributed by atoms with Crippen LogP contribution in [0.25, 0.3) is 10.9 Å². The molecular weight excluding hydrogens is 290 g/mol. The van der Waals surface area contributed by atoms with Gasteiger partial charge in [-0.3, -0.25) is 10.1 Å². The van der Waals surface area contributed by atoms with Crippen molar-refractivity contribution in [2.75, 3.05) is 5.32 Å². The zero-order chi connectivity index (χ0) is 16.6. The molecule has 1 aromatic heterocycles. The summed E-state index contributed by atoms with van der Waals surface area (Å²) in [5.41, 5.74) is 2.98. The summed E-state index contributed by atoms with van der Waals surface area (Å²) in [6, 6.07) is 6.28. The number of amides is 1. The normalized spacial score (nSPS) is 21.5. The van der Waals surface area contributed by atoms with E-state index in [0.717, 1.165) is 22.2 Å². The van der Waals surface area contributed by atoms with Gasteiger partial charge in [0.05, 0.1) is 11.2 Å². The number of carbonyl (C=O) groups is 1. The predicted octanol–water partition coefficient (Wildman–Crippen LogP) is 2.08. The quantitative estimate of drug-likeness (QED) is 0.808. The van der Waals surface area contributed by atoms with Crippen molar-refractivity contribution >= 4 is 22.8 Å². The molecule has 1 aliphatic heterocycles. The van der Waals surface area contributed by atoms with Crippen LogP contribution in [0.2, 0.25) is 0 Å². The van der Waals surface area contributed by atoms with E-state index in [4.69, 9.17) is 0 Å². The van der Waals surface area contributed by atoms with Crippen molar-refractivity contribution in [3.63, 3.8) is 0 Å². The minimum atomic E-state index is -0.356. The first kappa shape index (κ1) is 15.7. The van der Waals surface area contributed by atoms with Crippen molar-refractivity contribution in [3.8, 4) is 0 Å². The molecule has 1 aliphatic rings. The van der Waals surface area contributed by atoms with Gasteiger partial charge in [0.15, 0.2) is 6.29 Å². The van der Waals surface area contributed by atoms with Gasteiger partial charge in [0.25, 0.3) is 0 Å². The van der Waals surface area contributed by atoms with E-state index in [0.29, 0.717) is 18.3 Å². The first-order valence-corrected chi connectivity index (χ1v) is 7.99. The molecule has 1 aromatic carbocycles. The van der Waals surface area contributed by atoms with Crippen molar-refractivity contribution in [1.82, 2.24) is 20.6 Å². The molecule has 1 amide bonds. The van der Waals surface area contributed by atoms with Crippen LogP contribution >= 0.6 is 0 Å². The second-order valence-corrected chi connectivity index (χ2v) is 6.52. The largest absolute Gasteiger partial charge is 0.323 e. The van der Waals surface area contributed by atoms with Gasteiger partial charge >= 0.3 is 0 Å². The lowest BCUT2D eigenvalue weighted by Gasteiger charge is -2.34. The smallest absolute Gasteiger partial charge is 0.226 e. The number of aromatic nitrogens is 2. The summed E-state index contributed by atoms with van der Waals surface area (Å²) < 4.78 is 0. The van der Waals surface area contributed by atoms with Gasteiger partial charge in [-0.1, -0.05) is 26.0 Å². The van der Waals surface area contributed by atoms with Crippen LogP contribution in [0.4, 0.5) is 5.95 Å². The van der Waals surface area contributed by atoms with Crippen molar-refractivity contribution in [2.24, 2.45) is 5.92 Å². The number of hydrogen-bond donors (Lipinski definition) is 3. The third kappa shape index (κ3) is 3.42. The van der Waals surface area contributed by atoms with E-state index in [1.165, 1.54) is 0 Å². The fourth-order valence-electron chi connectivity index (χ4n) is 2.83. The first-order valence-electron chi connectivity index (χ1n) is 7.99. The molecule has 23 heavy (non-hydrogen) atoms. The maximum Gasteiger partial charge on any atom is 0.226 e. The minimum absolute atomic E-state index is 0.0355. The Hall–Kier alpha value is -2.21. The molecule has 2 aromatic rings. The summed E-state index contributed by atoms with van der Waals surface area (Å²) in [5, 5.41) is 10.5. The van der Waals surface area contributed by atoms with E-state index in [9.17, 15) is 4.79 Å². The second kappa shape index (κ2) is 6.12. The van der Waals surface area contributed by atoms with Gasteiger partial charge in [-0.25, -0.2) is 9.97 Å². The molecule has 0 radical (unpaired) electrons. The Morgan fingerprint density at radius 1 is 1.26 bits per heavy atom. The van der Waals surface area contributed by atoms with Crippen molar-refractivity contribution < 1.29 is 4.79 Å². The molecule has 6 heteroatoms. The topological polar surface area (TPSA) is 78.9 Å². The summed E-state index contributed by atoms with van der Waals surface area (Å²) in [7, 11) is 0. The average Bonchev–Trinajstić information content (AvgIpc) is 2.46. The maximum absolute atomic E-state index is 11.9. The highest BCUT2D eigenvalue weighted by Gasteiger charge is 2.28. The summed E-state index contributed by atoms with van der Waals surface area (Å²) in [6.07, 6.45) is 0.137. The van der Waals surface area contributed by atoms with Crippen LogP contribution in [0.15, 0.2) is 18.2 Å². The molecule has 6 nitrogen and oxygen atoms in total. The van der Waals surface area contributed by atoms with Crippen molar-refractivity contribution in [3.05, 3.63) is 29.5 Å². The number of fused-ring (bicyclic) bond motifs is 1. The Labute approximate surface area is 136 Å². The molecule has 3 rings (SSSR count). The Balaban J connectivity index is 1.84. The monoisotopic (exact) mass is 313 g/mol. The summed E-state index contributed by atoms with van der Waals surface area (Å²) in [5.74, 6) is 0.934. The Morgan fingerprint density at radius 2 is 2.04 bits per heavy atom. The van der Waals surface area contributed by atoms with Crippen LogP contribution in [-0.2, 0) is 4.79 Å². The Bertz CT molecular complexity index is 743. The van der Waals surface area contributed by atoms with Crippen LogP contribution in [0.5, 0.6) is 0 Å². The van der Waals surface area contributed by atoms with Crippen LogP contribution in [-0.4, -0.2) is 28.2 Å². The summed E-state index contributed by atoms with van der Waals surface area (Å²) >= 11 is 0. The first-order chi connectivity index (χ1) is 10.9. The molecule has 3 N–H and O–H groups in total. The molecule has 0 saturated carbocycles. The van der Waals surface area contributed by atoms with Crippen LogP contribution < -0.4 is 16.0 Å². The third-order valence-corrected chi connectivity index (χ3v) is 4.21. The van der Waals surface area contributed by atoms with Gasteiger partial charge in [0.1, 0.15) is 0 Å². The van der Waals surface area contributed by atoms with Gasteiger partial charge in [-0.15, -0.1) is 0 Å². The highest BCUT2D eigenvalue weighted by Crippen LogP contribution is 2.19. The minimum Gasteiger partial charge on any atom is -0.323 e. The van der Waals surface area contributed by atoms with Crippen molar-refractivity contribution in [1.29, 1.82) is 0 Å². The third-order valence-electron chi connectivity index (χ3n) is 4.21. The average molecular weight is 313 g/mol. The molecule has 0 spiro atoms. The molecule has 0 bridgehead atoms. The number of benzene rings is 1. The molecule has 2 unspecified atom stereocenters. The molecule has 0 aliphatic carbocycles. The van der Waals surface area contributed by atoms with E-state index in [1.807, 2.05) is 26.0 Å². The fourth-order valence-corrected chi connectivity index (χ4v) is 2.83. The molecule has 122 valence electrons. The zero-order valence-corrected chi connectivity index (χ0v) is 14.0. The highest BCUT2D eigenvalue weighted by atomic mass is 16.2. The summed E-state index contributed by atoms with van der Waals surface area (Å²) in [6.45, 7) is 8.22. The number of hydrogen-bond acceptors (Lipinski definition) is 5. The Morgan fingerprint density at radius 3 is 2.78 bits per heavy atom. The van der Waals surface area contributed by atoms with Gasteiger partial charge in [0, 0.05) is 17.8 Å². The van der Waals surface area contributed by atoms with Crippen LogP contribution in [0.3, 0.4) is 0 Å². The molecular formula is C17H23N5O. The molecule has 2 heterocycles. The second-order valence-electron chi connectivity index (χ2n) is 6.52. The Kier molecular flexibility index (Phi) is 4.17. The van der Waals surface area contributed by atoms with Gasteiger partial charge in [-0.05, 0) is 31.4 Å². The number of nitrogens with one attached hydrogen (secondary N) is 3. The number of rotatable bonds is 3. The van der Waals surface area contributed by atoms with E-state index >= 15 is 0 Å². The maximum atomic E-state index is 11.9. The van der Waals surface area contributed by atoms with E-state index in [-0.39, 0.29) is 18.2 Å². The van der Waals surface area contributed by atoms with Gasteiger partial charge in [0.2, 0.25) is 11.9 Å². The van der Waals surface area contributed by atoms with E-state index in [2.05, 4.69) is 45.8 Å². The van der Waals surface area contributed by atoms with Crippen LogP contribution in [0.1, 0.15) is 31.5 Å². The van der Waals surface area contributed by atoms with Crippen molar-refractivity contribution in [2.45, 2.75) is 46.4 Å². The van der Waals surface area contributed by atoms with Crippen LogP contribution in [0, 0.1) is 19.8 Å². The lowest BCUT2D eigenvalue weighted by molar-refractivity contribution is -0.124. The van der Waals surface area contributed by atoms with E-state index < -0.39 is 0 Å². The number of anilines is 1. The standard InChI is InChI=1S/C17H23N5O/c1-9(2)13-8-15(23)21-17(19-13)22-16-18-11(4)12-6-5-10(3)7-14(12)20-16/h5-7,9,13,17,19H,8H2,1-4H3,(H,21,23)(H,18,20,22). The van der Waals surface area contributed by atoms with Gasteiger partial charge < -0.3 is 10.6 Å². The van der Waals surface area contributed by atoms with Gasteiger partial charge in [-0.2, -0.15) is 0 Å². The highest BCUT2D eigenvalue weighted by molar-refractivity contribution is 5.82. The molecule has 2 atom stereocenters. The number of aryl methyl sites for hydroxylation is 2. The number of nitrogens with zero attached hydrogens (tertiary/aromatic N) is 2. The van der Waals surface area contributed by atoms with E-state index in [1.54, 1.807) is 0 Å². The zero-order valence-electron chi connectivity index (χ0n) is 14.0. The molecule has 1 fully saturated rings. The lowest BCUT2D eigenvalue weighted by Crippen LogP contribution is -2.61.